The van der Waals surface area contributed by atoms with E-state index in [0.717, 1.165) is 51.4 Å². The molecule has 1 atom stereocenters. The number of nitrogens with one attached hydrogen (secondary N) is 3. The molecule has 0 spiro atoms. The highest BCUT2D eigenvalue weighted by Gasteiger charge is 2.24. The summed E-state index contributed by atoms with van der Waals surface area (Å²) >= 11 is 0. The first-order valence-corrected chi connectivity index (χ1v) is 24.6. The Balaban J connectivity index is 2.12. The number of carboxylic acid groups (broad SMARTS) is 2. The second kappa shape index (κ2) is 35.1. The average molecular weight is 972 g/mol. The maximum absolute atomic E-state index is 13.7. The van der Waals surface area contributed by atoms with Crippen LogP contribution in [0.4, 0.5) is 0 Å². The van der Waals surface area contributed by atoms with Gasteiger partial charge in [-0.1, -0.05) is 65.5 Å². The van der Waals surface area contributed by atoms with Gasteiger partial charge in [-0.2, -0.15) is 0 Å². The summed E-state index contributed by atoms with van der Waals surface area (Å²) in [4.78, 5) is 89.7. The number of hydrogen-bond donors (Lipinski definition) is 6. The zero-order valence-electron chi connectivity index (χ0n) is 41.2. The number of carboxylic acids is 2. The summed E-state index contributed by atoms with van der Waals surface area (Å²) < 4.78 is 24.0. The topological polar surface area (TPSA) is 260 Å². The van der Waals surface area contributed by atoms with E-state index >= 15 is 0 Å². The van der Waals surface area contributed by atoms with Crippen LogP contribution < -0.4 is 34.9 Å². The van der Waals surface area contributed by atoms with Gasteiger partial charge in [-0.05, 0) is 82.1 Å². The molecule has 19 heteroatoms. The number of carbonyl (C=O) groups excluding carboxylic acids is 5. The summed E-state index contributed by atoms with van der Waals surface area (Å²) in [5, 5.41) is 37.0. The van der Waals surface area contributed by atoms with Gasteiger partial charge in [-0.15, -0.1) is 0 Å². The minimum Gasteiger partial charge on any atom is -0.490 e. The lowest BCUT2D eigenvalue weighted by Crippen LogP contribution is -2.42. The Kier molecular flexibility index (Phi) is 30.0. The molecule has 0 radical (unpaired) electrons. The number of aliphatic carboxylic acids is 2. The minimum atomic E-state index is -1.37. The van der Waals surface area contributed by atoms with Crippen LogP contribution in [-0.4, -0.2) is 132 Å². The predicted molar refractivity (Wildman–Crippen MR) is 258 cm³/mol. The van der Waals surface area contributed by atoms with E-state index in [9.17, 15) is 43.9 Å². The molecule has 69 heavy (non-hydrogen) atoms. The smallest absolute Gasteiger partial charge is 0.326 e. The molecule has 6 N–H and O–H groups in total. The van der Waals surface area contributed by atoms with E-state index in [2.05, 4.69) is 29.8 Å². The predicted octanol–water partition coefficient (Wildman–Crippen LogP) is 6.77. The van der Waals surface area contributed by atoms with E-state index in [1.165, 1.54) is 0 Å². The first-order chi connectivity index (χ1) is 33.3. The number of nitrogens with zero attached hydrogens (tertiary/aromatic N) is 2. The zero-order chi connectivity index (χ0) is 50.8. The van der Waals surface area contributed by atoms with Gasteiger partial charge in [0, 0.05) is 52.0 Å². The van der Waals surface area contributed by atoms with Gasteiger partial charge in [0.25, 0.3) is 11.8 Å². The summed E-state index contributed by atoms with van der Waals surface area (Å²) in [5.74, 6) is -3.39. The van der Waals surface area contributed by atoms with Crippen molar-refractivity contribution in [2.75, 3.05) is 59.2 Å². The number of hydrogen-bond acceptors (Lipinski definition) is 12. The first kappa shape index (κ1) is 59.0. The van der Waals surface area contributed by atoms with Crippen LogP contribution >= 0.6 is 0 Å². The lowest BCUT2D eigenvalue weighted by molar-refractivity contribution is -0.166. The summed E-state index contributed by atoms with van der Waals surface area (Å²) in [6.07, 6.45) is 6.72. The summed E-state index contributed by atoms with van der Waals surface area (Å²) in [7, 11) is 0. The normalized spacial score (nSPS) is 11.2. The Labute approximate surface area is 406 Å². The molecular formula is C50H77N5O14. The maximum atomic E-state index is 13.7. The fourth-order valence-corrected chi connectivity index (χ4v) is 6.67. The summed E-state index contributed by atoms with van der Waals surface area (Å²) in [6, 6.07) is 9.03. The number of unbranched alkanes of at least 4 members (excludes halogenated alkanes) is 5. The minimum absolute atomic E-state index is 0.0185. The van der Waals surface area contributed by atoms with Gasteiger partial charge in [-0.3, -0.25) is 34.0 Å². The molecule has 0 aliphatic carbocycles. The Morgan fingerprint density at radius 2 is 1.03 bits per heavy atom. The number of rotatable bonds is 39. The Morgan fingerprint density at radius 3 is 1.52 bits per heavy atom. The number of carbonyl (C=O) groups is 7. The molecule has 0 unspecified atom stereocenters. The van der Waals surface area contributed by atoms with Crippen LogP contribution in [0.15, 0.2) is 36.4 Å². The lowest BCUT2D eigenvalue weighted by Gasteiger charge is -2.23. The number of para-hydroxylation sites is 2. The number of ether oxygens (including phenoxy) is 4. The van der Waals surface area contributed by atoms with Gasteiger partial charge in [0.1, 0.15) is 6.04 Å². The second-order valence-corrected chi connectivity index (χ2v) is 16.5. The van der Waals surface area contributed by atoms with E-state index in [1.807, 2.05) is 13.8 Å². The van der Waals surface area contributed by atoms with Gasteiger partial charge in [0.2, 0.25) is 17.7 Å². The van der Waals surface area contributed by atoms with Crippen LogP contribution in [0.5, 0.6) is 23.0 Å². The third-order valence-electron chi connectivity index (χ3n) is 10.7. The van der Waals surface area contributed by atoms with Crippen LogP contribution in [0.25, 0.3) is 0 Å². The van der Waals surface area contributed by atoms with Crippen molar-refractivity contribution in [1.82, 2.24) is 25.9 Å². The molecule has 0 saturated carbocycles. The van der Waals surface area contributed by atoms with Crippen molar-refractivity contribution in [3.63, 3.8) is 0 Å². The number of benzene rings is 2. The van der Waals surface area contributed by atoms with Gasteiger partial charge >= 0.3 is 11.9 Å². The number of hydroxylamine groups is 2. The summed E-state index contributed by atoms with van der Waals surface area (Å²) in [6.45, 7) is 10.7. The molecule has 2 aromatic carbocycles. The van der Waals surface area contributed by atoms with Crippen LogP contribution in [0, 0.1) is 0 Å². The van der Waals surface area contributed by atoms with Crippen LogP contribution in [-0.2, 0) is 24.0 Å². The van der Waals surface area contributed by atoms with Gasteiger partial charge < -0.3 is 50.0 Å². The fraction of sp³-hybridized carbons (Fsp3) is 0.620. The Bertz CT molecular complexity index is 1900. The number of amides is 5. The van der Waals surface area contributed by atoms with Crippen molar-refractivity contribution in [2.45, 2.75) is 143 Å². The molecule has 19 nitrogen and oxygen atoms in total. The molecule has 0 bridgehead atoms. The van der Waals surface area contributed by atoms with Crippen molar-refractivity contribution in [2.24, 2.45) is 0 Å². The molecule has 2 aromatic rings. The molecular weight excluding hydrogens is 895 g/mol. The van der Waals surface area contributed by atoms with Gasteiger partial charge in [-0.25, -0.2) is 9.86 Å². The van der Waals surface area contributed by atoms with E-state index in [0.29, 0.717) is 91.4 Å². The SMILES string of the molecule is CCCCOc1cccc(C(=O)NCCCCN(CCCNC(=O)c2cccc(OCCCC)c2OCCCC)C(=O)CCC(=O)N[C@@H](CCCN(O)C(=O)CCC(=O)O)C(=O)O)c1OCCCC. The molecule has 386 valence electrons. The van der Waals surface area contributed by atoms with Gasteiger partial charge in [0.15, 0.2) is 23.0 Å². The van der Waals surface area contributed by atoms with Crippen molar-refractivity contribution in [1.29, 1.82) is 0 Å². The van der Waals surface area contributed by atoms with E-state index in [-0.39, 0.29) is 69.6 Å². The zero-order valence-corrected chi connectivity index (χ0v) is 41.2. The van der Waals surface area contributed by atoms with Crippen LogP contribution in [0.3, 0.4) is 0 Å². The first-order valence-electron chi connectivity index (χ1n) is 24.6. The summed E-state index contributed by atoms with van der Waals surface area (Å²) in [5.41, 5.74) is 0.685. The standard InChI is InChI=1S/C50H77N5O14/c1-5-9-33-66-40-22-15-19-37(46(40)68-35-11-7-3)48(61)51-28-13-14-30-54(31-18-29-52-49(62)38-20-16-23-41(67-34-10-6-2)47(38)69-36-12-8-4)43(57)25-24-42(56)53-39(50(63)64)21-17-32-55(65)44(58)26-27-45(59)60/h15-16,19-20,22-23,39,65H,5-14,17-18,21,24-36H2,1-4H3,(H,51,61)(H,52,62)(H,53,56)(H,59,60)(H,63,64)/t39-/m0/s1. The molecule has 0 aromatic heterocycles. The van der Waals surface area contributed by atoms with E-state index < -0.39 is 42.6 Å². The molecule has 5 amide bonds. The van der Waals surface area contributed by atoms with E-state index in [1.54, 1.807) is 41.3 Å². The molecule has 0 aliphatic heterocycles. The largest absolute Gasteiger partial charge is 0.490 e. The Hall–Kier alpha value is -6.11. The van der Waals surface area contributed by atoms with Crippen molar-refractivity contribution < 1.29 is 67.9 Å². The molecule has 2 rings (SSSR count). The fourth-order valence-electron chi connectivity index (χ4n) is 6.67. The molecule has 0 saturated heterocycles. The quantitative estimate of drug-likeness (QED) is 0.0230. The van der Waals surface area contributed by atoms with Crippen LogP contribution in [0.2, 0.25) is 0 Å². The molecule has 0 heterocycles. The third-order valence-corrected chi connectivity index (χ3v) is 10.7. The second-order valence-electron chi connectivity index (χ2n) is 16.5. The highest BCUT2D eigenvalue weighted by molar-refractivity contribution is 5.98. The van der Waals surface area contributed by atoms with E-state index in [4.69, 9.17) is 24.1 Å². The van der Waals surface area contributed by atoms with Gasteiger partial charge in [0.05, 0.1) is 44.0 Å². The molecule has 0 aliphatic rings. The van der Waals surface area contributed by atoms with Crippen molar-refractivity contribution in [3.05, 3.63) is 47.5 Å². The average Bonchev–Trinajstić information content (AvgIpc) is 3.33. The highest BCUT2D eigenvalue weighted by Crippen LogP contribution is 2.33. The van der Waals surface area contributed by atoms with Crippen LogP contribution in [0.1, 0.15) is 158 Å². The molecule has 0 fully saturated rings. The van der Waals surface area contributed by atoms with Crippen molar-refractivity contribution in [3.8, 4) is 23.0 Å². The lowest BCUT2D eigenvalue weighted by atomic mass is 10.1. The monoisotopic (exact) mass is 972 g/mol. The Morgan fingerprint density at radius 1 is 0.551 bits per heavy atom. The van der Waals surface area contributed by atoms with Crippen molar-refractivity contribution >= 4 is 41.5 Å². The highest BCUT2D eigenvalue weighted by atomic mass is 16.5. The third kappa shape index (κ3) is 23.6. The maximum Gasteiger partial charge on any atom is 0.326 e.